The molecule has 3 aromatic heterocycles. The highest BCUT2D eigenvalue weighted by Crippen LogP contribution is 2.35. The van der Waals surface area contributed by atoms with Crippen molar-refractivity contribution in [1.29, 1.82) is 0 Å². The Balaban J connectivity index is 1.64. The van der Waals surface area contributed by atoms with E-state index in [0.717, 1.165) is 47.5 Å². The molecular weight excluding hydrogens is 368 g/mol. The summed E-state index contributed by atoms with van der Waals surface area (Å²) in [5, 5.41) is 10.4. The fourth-order valence-electron chi connectivity index (χ4n) is 3.28. The number of hydrogen-bond acceptors (Lipinski definition) is 7. The van der Waals surface area contributed by atoms with Crippen molar-refractivity contribution in [2.45, 2.75) is 46.1 Å². The van der Waals surface area contributed by atoms with Crippen molar-refractivity contribution in [1.82, 2.24) is 20.1 Å². The minimum absolute atomic E-state index is 0.0604. The number of carbonyl (C=O) groups excluding carboxylic acids is 1. The third-order valence-electron chi connectivity index (χ3n) is 4.95. The molecule has 3 aromatic rings. The average Bonchev–Trinajstić information content (AvgIpc) is 3.36. The summed E-state index contributed by atoms with van der Waals surface area (Å²) in [5.74, 6) is 1.07. The lowest BCUT2D eigenvalue weighted by molar-refractivity contribution is 0.0572. The molecule has 136 valence electrons. The smallest absolute Gasteiger partial charge is 0.259 e. The first-order valence-electron chi connectivity index (χ1n) is 8.65. The Bertz CT molecular complexity index is 943. The van der Waals surface area contributed by atoms with Crippen LogP contribution < -0.4 is 0 Å². The Morgan fingerprint density at radius 1 is 1.23 bits per heavy atom. The fourth-order valence-corrected chi connectivity index (χ4v) is 4.86. The van der Waals surface area contributed by atoms with E-state index in [1.165, 1.54) is 16.2 Å². The van der Waals surface area contributed by atoms with Gasteiger partial charge in [0.15, 0.2) is 0 Å². The van der Waals surface area contributed by atoms with Gasteiger partial charge in [-0.1, -0.05) is 0 Å². The molecule has 0 radical (unpaired) electrons. The first-order chi connectivity index (χ1) is 12.6. The summed E-state index contributed by atoms with van der Waals surface area (Å²) in [6, 6.07) is -0.162. The number of aryl methyl sites for hydroxylation is 2. The highest BCUT2D eigenvalue weighted by Gasteiger charge is 2.33. The molecule has 1 fully saturated rings. The van der Waals surface area contributed by atoms with Gasteiger partial charge in [-0.15, -0.1) is 32.9 Å². The zero-order valence-electron chi connectivity index (χ0n) is 15.0. The third-order valence-corrected chi connectivity index (χ3v) is 6.88. The van der Waals surface area contributed by atoms with E-state index in [2.05, 4.69) is 15.2 Å². The van der Waals surface area contributed by atoms with Crippen LogP contribution in [0.2, 0.25) is 0 Å². The number of likely N-dealkylation sites (tertiary alicyclic amines) is 1. The lowest BCUT2D eigenvalue weighted by Crippen LogP contribution is -2.38. The van der Waals surface area contributed by atoms with Gasteiger partial charge in [0.1, 0.15) is 10.9 Å². The second-order valence-electron chi connectivity index (χ2n) is 6.55. The van der Waals surface area contributed by atoms with Gasteiger partial charge in [0.05, 0.1) is 16.8 Å². The minimum Gasteiger partial charge on any atom is -0.418 e. The second kappa shape index (κ2) is 6.92. The van der Waals surface area contributed by atoms with Crippen LogP contribution in [0.25, 0.3) is 10.8 Å². The summed E-state index contributed by atoms with van der Waals surface area (Å²) >= 11 is 3.10. The molecule has 0 bridgehead atoms. The molecule has 1 atom stereocenters. The quantitative estimate of drug-likeness (QED) is 0.658. The zero-order chi connectivity index (χ0) is 18.3. The van der Waals surface area contributed by atoms with Crippen LogP contribution in [0.15, 0.2) is 15.3 Å². The van der Waals surface area contributed by atoms with Crippen LogP contribution in [0, 0.1) is 20.8 Å². The predicted molar refractivity (Wildman–Crippen MR) is 102 cm³/mol. The van der Waals surface area contributed by atoms with Crippen molar-refractivity contribution in [3.8, 4) is 10.8 Å². The van der Waals surface area contributed by atoms with Gasteiger partial charge in [0.25, 0.3) is 11.8 Å². The minimum atomic E-state index is -0.162. The van der Waals surface area contributed by atoms with Crippen LogP contribution in [0.4, 0.5) is 0 Å². The van der Waals surface area contributed by atoms with Crippen LogP contribution in [-0.4, -0.2) is 32.5 Å². The third kappa shape index (κ3) is 2.97. The van der Waals surface area contributed by atoms with E-state index in [4.69, 9.17) is 4.42 Å². The summed E-state index contributed by atoms with van der Waals surface area (Å²) < 4.78 is 5.96. The number of hydrogen-bond donors (Lipinski definition) is 0. The highest BCUT2D eigenvalue weighted by molar-refractivity contribution is 7.13. The average molecular weight is 389 g/mol. The van der Waals surface area contributed by atoms with Gasteiger partial charge < -0.3 is 9.32 Å². The van der Waals surface area contributed by atoms with E-state index in [1.807, 2.05) is 31.1 Å². The fraction of sp³-hybridized carbons (Fsp3) is 0.444. The Morgan fingerprint density at radius 3 is 2.77 bits per heavy atom. The largest absolute Gasteiger partial charge is 0.418 e. The standard InChI is InChI=1S/C18H20N4O2S2/c1-10-12(3)25-8-13(10)18(23)22-7-5-4-6-14(22)16-20-21-17(24-16)15-11(2)19-9-26-15/h8-9,14H,4-7H2,1-3H3. The van der Waals surface area contributed by atoms with Gasteiger partial charge >= 0.3 is 0 Å². The number of aromatic nitrogens is 3. The molecule has 4 rings (SSSR count). The van der Waals surface area contributed by atoms with Gasteiger partial charge in [-0.25, -0.2) is 4.98 Å². The first-order valence-corrected chi connectivity index (χ1v) is 10.4. The molecule has 1 saturated heterocycles. The predicted octanol–water partition coefficient (Wildman–Crippen LogP) is 4.55. The van der Waals surface area contributed by atoms with E-state index in [1.54, 1.807) is 16.8 Å². The van der Waals surface area contributed by atoms with Crippen molar-refractivity contribution in [2.24, 2.45) is 0 Å². The number of thiazole rings is 1. The van der Waals surface area contributed by atoms with Crippen molar-refractivity contribution in [3.05, 3.63) is 38.5 Å². The Kier molecular flexibility index (Phi) is 4.62. The van der Waals surface area contributed by atoms with E-state index in [0.29, 0.717) is 11.8 Å². The molecule has 1 unspecified atom stereocenters. The Labute approximate surface area is 159 Å². The summed E-state index contributed by atoms with van der Waals surface area (Å²) in [6.45, 7) is 6.70. The van der Waals surface area contributed by atoms with Crippen molar-refractivity contribution < 1.29 is 9.21 Å². The zero-order valence-corrected chi connectivity index (χ0v) is 16.6. The van der Waals surface area contributed by atoms with E-state index in [9.17, 15) is 4.79 Å². The number of thiophene rings is 1. The van der Waals surface area contributed by atoms with Crippen LogP contribution in [-0.2, 0) is 0 Å². The normalized spacial score (nSPS) is 17.7. The number of nitrogens with zero attached hydrogens (tertiary/aromatic N) is 4. The molecule has 0 spiro atoms. The van der Waals surface area contributed by atoms with Gasteiger partial charge in [-0.2, -0.15) is 0 Å². The topological polar surface area (TPSA) is 72.1 Å². The van der Waals surface area contributed by atoms with Crippen LogP contribution in [0.1, 0.15) is 57.7 Å². The first kappa shape index (κ1) is 17.4. The molecule has 0 saturated carbocycles. The summed E-state index contributed by atoms with van der Waals surface area (Å²) in [4.78, 5) is 21.4. The highest BCUT2D eigenvalue weighted by atomic mass is 32.1. The van der Waals surface area contributed by atoms with E-state index >= 15 is 0 Å². The maximum atomic E-state index is 13.1. The van der Waals surface area contributed by atoms with Gasteiger partial charge in [0.2, 0.25) is 5.89 Å². The molecule has 26 heavy (non-hydrogen) atoms. The molecule has 6 nitrogen and oxygen atoms in total. The van der Waals surface area contributed by atoms with E-state index < -0.39 is 0 Å². The molecule has 8 heteroatoms. The lowest BCUT2D eigenvalue weighted by Gasteiger charge is -2.33. The van der Waals surface area contributed by atoms with Crippen molar-refractivity contribution in [3.63, 3.8) is 0 Å². The number of piperidine rings is 1. The van der Waals surface area contributed by atoms with Crippen LogP contribution >= 0.6 is 22.7 Å². The Morgan fingerprint density at radius 2 is 2.08 bits per heavy atom. The molecule has 4 heterocycles. The van der Waals surface area contributed by atoms with E-state index in [-0.39, 0.29) is 11.9 Å². The monoisotopic (exact) mass is 388 g/mol. The summed E-state index contributed by atoms with van der Waals surface area (Å²) in [5.41, 5.74) is 4.51. The summed E-state index contributed by atoms with van der Waals surface area (Å²) in [7, 11) is 0. The van der Waals surface area contributed by atoms with Gasteiger partial charge in [-0.05, 0) is 45.6 Å². The van der Waals surface area contributed by atoms with Crippen molar-refractivity contribution >= 4 is 28.6 Å². The molecule has 1 aliphatic rings. The van der Waals surface area contributed by atoms with Gasteiger partial charge in [-0.3, -0.25) is 4.79 Å². The SMILES string of the molecule is Cc1ncsc1-c1nnc(C2CCCCN2C(=O)c2csc(C)c2C)o1. The van der Waals surface area contributed by atoms with Crippen LogP contribution in [0.5, 0.6) is 0 Å². The lowest BCUT2D eigenvalue weighted by atomic mass is 10.0. The second-order valence-corrected chi connectivity index (χ2v) is 8.49. The maximum absolute atomic E-state index is 13.1. The molecule has 1 aliphatic heterocycles. The molecule has 0 N–H and O–H groups in total. The maximum Gasteiger partial charge on any atom is 0.259 e. The molecular formula is C18H20N4O2S2. The van der Waals surface area contributed by atoms with Gasteiger partial charge in [0, 0.05) is 16.8 Å². The Hall–Kier alpha value is -2.06. The van der Waals surface area contributed by atoms with Crippen molar-refractivity contribution in [2.75, 3.05) is 6.54 Å². The van der Waals surface area contributed by atoms with Crippen LogP contribution in [0.3, 0.4) is 0 Å². The number of carbonyl (C=O) groups is 1. The molecule has 0 aromatic carbocycles. The number of amides is 1. The summed E-state index contributed by atoms with van der Waals surface area (Å²) in [6.07, 6.45) is 2.89. The molecule has 1 amide bonds. The molecule has 0 aliphatic carbocycles. The number of rotatable bonds is 3.